The molecule has 0 amide bonds. The van der Waals surface area contributed by atoms with E-state index in [0.717, 1.165) is 0 Å². The van der Waals surface area contributed by atoms with Crippen molar-refractivity contribution in [3.05, 3.63) is 70.8 Å². The Labute approximate surface area is 112 Å². The van der Waals surface area contributed by atoms with Crippen LogP contribution in [0.3, 0.4) is 0 Å². The molecule has 19 heavy (non-hydrogen) atoms. The second kappa shape index (κ2) is 5.61. The van der Waals surface area contributed by atoms with Gasteiger partial charge in [-0.05, 0) is 24.1 Å². The van der Waals surface area contributed by atoms with Crippen molar-refractivity contribution in [1.29, 1.82) is 0 Å². The molecule has 0 N–H and O–H groups in total. The first kappa shape index (κ1) is 13.9. The summed E-state index contributed by atoms with van der Waals surface area (Å²) in [5.74, 6) is -3.89. The molecule has 2 rings (SSSR count). The minimum absolute atomic E-state index is 0.0176. The summed E-state index contributed by atoms with van der Waals surface area (Å²) < 4.78 is 52.8. The Kier molecular flexibility index (Phi) is 4.10. The molecule has 0 saturated heterocycles. The van der Waals surface area contributed by atoms with E-state index in [2.05, 4.69) is 0 Å². The third-order valence-electron chi connectivity index (χ3n) is 2.73. The van der Waals surface area contributed by atoms with E-state index in [0.29, 0.717) is 12.1 Å². The van der Waals surface area contributed by atoms with Crippen molar-refractivity contribution < 1.29 is 17.6 Å². The van der Waals surface area contributed by atoms with Crippen LogP contribution in [0.25, 0.3) is 0 Å². The Balaban J connectivity index is 2.28. The van der Waals surface area contributed by atoms with E-state index in [9.17, 15) is 17.6 Å². The average Bonchev–Trinajstić information content (AvgIpc) is 2.36. The van der Waals surface area contributed by atoms with E-state index in [4.69, 9.17) is 11.6 Å². The molecule has 1 unspecified atom stereocenters. The molecular formula is C14H9ClF4. The number of alkyl halides is 1. The molecule has 1 atom stereocenters. The van der Waals surface area contributed by atoms with Gasteiger partial charge in [0.15, 0.2) is 11.6 Å². The predicted molar refractivity (Wildman–Crippen MR) is 65.0 cm³/mol. The van der Waals surface area contributed by atoms with Crippen molar-refractivity contribution in [1.82, 2.24) is 0 Å². The van der Waals surface area contributed by atoms with Crippen LogP contribution < -0.4 is 0 Å². The van der Waals surface area contributed by atoms with Gasteiger partial charge in [0.1, 0.15) is 11.6 Å². The van der Waals surface area contributed by atoms with Crippen molar-refractivity contribution in [2.24, 2.45) is 0 Å². The number of halogens is 5. The van der Waals surface area contributed by atoms with Crippen molar-refractivity contribution in [3.63, 3.8) is 0 Å². The summed E-state index contributed by atoms with van der Waals surface area (Å²) in [6.45, 7) is 0. The molecule has 0 bridgehead atoms. The topological polar surface area (TPSA) is 0 Å². The van der Waals surface area contributed by atoms with Crippen LogP contribution in [0.2, 0.25) is 0 Å². The molecule has 100 valence electrons. The summed E-state index contributed by atoms with van der Waals surface area (Å²) in [7, 11) is 0. The standard InChI is InChI=1S/C14H9ClF4/c15-10(5-8-3-1-2-4-11(8)16)9-6-13(18)14(19)7-12(9)17/h1-4,6-7,10H,5H2. The zero-order valence-corrected chi connectivity index (χ0v) is 10.4. The first-order valence-corrected chi connectivity index (χ1v) is 5.94. The molecule has 0 aliphatic heterocycles. The van der Waals surface area contributed by atoms with Crippen LogP contribution in [-0.2, 0) is 6.42 Å². The van der Waals surface area contributed by atoms with E-state index in [1.807, 2.05) is 0 Å². The number of benzene rings is 2. The minimum atomic E-state index is -1.28. The second-order valence-electron chi connectivity index (χ2n) is 4.05. The molecule has 0 fully saturated rings. The Morgan fingerprint density at radius 2 is 1.47 bits per heavy atom. The summed E-state index contributed by atoms with van der Waals surface area (Å²) in [5, 5.41) is -0.980. The third-order valence-corrected chi connectivity index (χ3v) is 3.12. The highest BCUT2D eigenvalue weighted by Crippen LogP contribution is 2.29. The van der Waals surface area contributed by atoms with Gasteiger partial charge in [-0.2, -0.15) is 0 Å². The Morgan fingerprint density at radius 3 is 2.16 bits per heavy atom. The van der Waals surface area contributed by atoms with Gasteiger partial charge in [0.2, 0.25) is 0 Å². The molecule has 0 nitrogen and oxygen atoms in total. The van der Waals surface area contributed by atoms with Crippen LogP contribution in [0.1, 0.15) is 16.5 Å². The van der Waals surface area contributed by atoms with E-state index >= 15 is 0 Å². The summed E-state index contributed by atoms with van der Waals surface area (Å²) in [6.07, 6.45) is -0.0176. The van der Waals surface area contributed by atoms with Crippen molar-refractivity contribution in [2.75, 3.05) is 0 Å². The van der Waals surface area contributed by atoms with Gasteiger partial charge >= 0.3 is 0 Å². The fourth-order valence-corrected chi connectivity index (χ4v) is 2.08. The summed E-state index contributed by atoms with van der Waals surface area (Å²) in [4.78, 5) is 0. The maximum absolute atomic E-state index is 13.5. The van der Waals surface area contributed by atoms with Crippen LogP contribution in [0.15, 0.2) is 36.4 Å². The van der Waals surface area contributed by atoms with E-state index < -0.39 is 28.6 Å². The lowest BCUT2D eigenvalue weighted by atomic mass is 10.0. The van der Waals surface area contributed by atoms with E-state index in [1.54, 1.807) is 6.07 Å². The van der Waals surface area contributed by atoms with Crippen molar-refractivity contribution >= 4 is 11.6 Å². The van der Waals surface area contributed by atoms with Crippen LogP contribution in [0.5, 0.6) is 0 Å². The Bertz CT molecular complexity index is 598. The first-order chi connectivity index (χ1) is 8.99. The largest absolute Gasteiger partial charge is 0.207 e. The second-order valence-corrected chi connectivity index (χ2v) is 4.58. The first-order valence-electron chi connectivity index (χ1n) is 5.51. The van der Waals surface area contributed by atoms with Gasteiger partial charge in [0.25, 0.3) is 0 Å². The smallest absolute Gasteiger partial charge is 0.161 e. The lowest BCUT2D eigenvalue weighted by molar-refractivity contribution is 0.489. The van der Waals surface area contributed by atoms with Gasteiger partial charge in [0.05, 0.1) is 5.38 Å². The lowest BCUT2D eigenvalue weighted by Crippen LogP contribution is -2.03. The van der Waals surface area contributed by atoms with Crippen molar-refractivity contribution in [3.8, 4) is 0 Å². The Hall–Kier alpha value is -1.55. The monoisotopic (exact) mass is 288 g/mol. The summed E-state index contributed by atoms with van der Waals surface area (Å²) >= 11 is 5.95. The zero-order chi connectivity index (χ0) is 14.0. The molecular weight excluding hydrogens is 280 g/mol. The molecule has 0 saturated carbocycles. The molecule has 0 aliphatic rings. The molecule has 0 spiro atoms. The SMILES string of the molecule is Fc1cc(F)c(C(Cl)Cc2ccccc2F)cc1F. The Morgan fingerprint density at radius 1 is 0.842 bits per heavy atom. The average molecular weight is 289 g/mol. The molecule has 5 heteroatoms. The quantitative estimate of drug-likeness (QED) is 0.434. The maximum atomic E-state index is 13.5. The normalized spacial score (nSPS) is 12.5. The van der Waals surface area contributed by atoms with E-state index in [1.165, 1.54) is 18.2 Å². The minimum Gasteiger partial charge on any atom is -0.207 e. The summed E-state index contributed by atoms with van der Waals surface area (Å²) in [5.41, 5.74) is 0.0930. The number of rotatable bonds is 3. The molecule has 0 radical (unpaired) electrons. The zero-order valence-electron chi connectivity index (χ0n) is 9.64. The lowest BCUT2D eigenvalue weighted by Gasteiger charge is -2.12. The highest BCUT2D eigenvalue weighted by atomic mass is 35.5. The van der Waals surface area contributed by atoms with Crippen molar-refractivity contribution in [2.45, 2.75) is 11.8 Å². The van der Waals surface area contributed by atoms with Gasteiger partial charge in [-0.25, -0.2) is 17.6 Å². The summed E-state index contributed by atoms with van der Waals surface area (Å²) in [6, 6.07) is 7.01. The molecule has 2 aromatic rings. The maximum Gasteiger partial charge on any atom is 0.161 e. The van der Waals surface area contributed by atoms with Gasteiger partial charge in [0, 0.05) is 11.6 Å². The van der Waals surface area contributed by atoms with Crippen LogP contribution in [-0.4, -0.2) is 0 Å². The van der Waals surface area contributed by atoms with E-state index in [-0.39, 0.29) is 17.5 Å². The number of hydrogen-bond donors (Lipinski definition) is 0. The molecule has 0 aromatic heterocycles. The fraction of sp³-hybridized carbons (Fsp3) is 0.143. The van der Waals surface area contributed by atoms with Gasteiger partial charge in [-0.3, -0.25) is 0 Å². The third kappa shape index (κ3) is 3.07. The molecule has 2 aromatic carbocycles. The highest BCUT2D eigenvalue weighted by molar-refractivity contribution is 6.20. The van der Waals surface area contributed by atoms with Crippen LogP contribution >= 0.6 is 11.6 Å². The van der Waals surface area contributed by atoms with Gasteiger partial charge in [-0.1, -0.05) is 18.2 Å². The fourth-order valence-electron chi connectivity index (χ4n) is 1.74. The van der Waals surface area contributed by atoms with Crippen LogP contribution in [0.4, 0.5) is 17.6 Å². The predicted octanol–water partition coefficient (Wildman–Crippen LogP) is 4.77. The highest BCUT2D eigenvalue weighted by Gasteiger charge is 2.18. The number of hydrogen-bond acceptors (Lipinski definition) is 0. The van der Waals surface area contributed by atoms with Gasteiger partial charge < -0.3 is 0 Å². The van der Waals surface area contributed by atoms with Gasteiger partial charge in [-0.15, -0.1) is 11.6 Å². The van der Waals surface area contributed by atoms with Crippen LogP contribution in [0, 0.1) is 23.3 Å². The molecule has 0 heterocycles. The molecule has 0 aliphatic carbocycles.